The van der Waals surface area contributed by atoms with Gasteiger partial charge in [-0.05, 0) is 94.8 Å². The summed E-state index contributed by atoms with van der Waals surface area (Å²) < 4.78 is 17.4. The molecule has 192 valence electrons. The molecule has 0 atom stereocenters. The molecule has 1 heterocycles. The Morgan fingerprint density at radius 2 is 1.76 bits per heavy atom. The van der Waals surface area contributed by atoms with Crippen LogP contribution in [0.25, 0.3) is 11.1 Å². The highest BCUT2D eigenvalue weighted by Crippen LogP contribution is 2.43. The van der Waals surface area contributed by atoms with E-state index in [1.54, 1.807) is 6.07 Å². The summed E-state index contributed by atoms with van der Waals surface area (Å²) in [7, 11) is 1.40. The topological polar surface area (TPSA) is 29.5 Å². The Hall–Kier alpha value is -2.66. The van der Waals surface area contributed by atoms with Crippen LogP contribution in [0, 0.1) is 5.92 Å². The predicted molar refractivity (Wildman–Crippen MR) is 149 cm³/mol. The van der Waals surface area contributed by atoms with Gasteiger partial charge >= 0.3 is 5.97 Å². The van der Waals surface area contributed by atoms with E-state index in [0.717, 1.165) is 66.7 Å². The Balaban J connectivity index is 1.48. The molecule has 1 aliphatic heterocycles. The summed E-state index contributed by atoms with van der Waals surface area (Å²) in [4.78, 5) is 14.5. The fraction of sp³-hybridized carbons (Fsp3) is 0.323. The third kappa shape index (κ3) is 5.62. The Labute approximate surface area is 227 Å². The summed E-state index contributed by atoms with van der Waals surface area (Å²) in [5, 5.41) is 1.24. The van der Waals surface area contributed by atoms with Gasteiger partial charge < -0.3 is 9.64 Å². The maximum atomic E-state index is 12.4. The average Bonchev–Trinajstić information content (AvgIpc) is 2.89. The third-order valence-electron chi connectivity index (χ3n) is 7.41. The number of esters is 1. The lowest BCUT2D eigenvalue weighted by Gasteiger charge is -2.39. The normalized spacial score (nSPS) is 15.9. The van der Waals surface area contributed by atoms with E-state index in [0.29, 0.717) is 27.9 Å². The number of carbonyl (C=O) groups excluding carboxylic acids is 1. The van der Waals surface area contributed by atoms with Crippen LogP contribution in [0.5, 0.6) is 0 Å². The number of ether oxygens (including phenoxy) is 1. The molecule has 0 saturated carbocycles. The lowest BCUT2D eigenvalue weighted by molar-refractivity contribution is 0.0600. The van der Waals surface area contributed by atoms with Crippen molar-refractivity contribution in [3.63, 3.8) is 0 Å². The van der Waals surface area contributed by atoms with Crippen LogP contribution in [0.15, 0.2) is 60.7 Å². The van der Waals surface area contributed by atoms with Gasteiger partial charge in [-0.1, -0.05) is 59.6 Å². The largest absolute Gasteiger partial charge is 0.465 e. The number of alkyl halides is 1. The number of fused-ring (bicyclic) bond motifs is 1. The van der Waals surface area contributed by atoms with Crippen molar-refractivity contribution >= 4 is 40.3 Å². The second-order valence-corrected chi connectivity index (χ2v) is 10.8. The van der Waals surface area contributed by atoms with E-state index in [1.165, 1.54) is 18.2 Å². The molecular formula is C31H30Cl2FNO2. The molecule has 6 heteroatoms. The number of hydrogen-bond donors (Lipinski definition) is 0. The SMILES string of the molecule is COC(=O)c1ccc2c(c1)CCC(c1ccc(Cl)cc1Cl)=C2c1ccc(CC2CN(CCCF)C2)cc1. The second kappa shape index (κ2) is 11.4. The third-order valence-corrected chi connectivity index (χ3v) is 7.95. The molecule has 3 nitrogen and oxygen atoms in total. The van der Waals surface area contributed by atoms with E-state index < -0.39 is 0 Å². The van der Waals surface area contributed by atoms with Crippen LogP contribution in [-0.4, -0.2) is 44.3 Å². The first-order valence-corrected chi connectivity index (χ1v) is 13.5. The Morgan fingerprint density at radius 3 is 2.46 bits per heavy atom. The molecule has 0 bridgehead atoms. The van der Waals surface area contributed by atoms with E-state index in [-0.39, 0.29) is 12.6 Å². The average molecular weight is 538 g/mol. The molecule has 3 aromatic rings. The standard InChI is InChI=1S/C31H30Cl2FNO2/c1-37-31(36)24-8-10-26-23(16-24)7-11-28(27-12-9-25(32)17-29(27)33)30(26)22-5-3-20(4-6-22)15-21-18-35(19-21)14-2-13-34/h3-6,8-10,12,16-17,21H,2,7,11,13-15,18-19H2,1H3. The van der Waals surface area contributed by atoms with Crippen LogP contribution in [0.2, 0.25) is 10.0 Å². The molecule has 5 rings (SSSR count). The van der Waals surface area contributed by atoms with E-state index in [2.05, 4.69) is 29.2 Å². The van der Waals surface area contributed by atoms with Crippen LogP contribution in [0.1, 0.15) is 51.0 Å². The van der Waals surface area contributed by atoms with Crippen LogP contribution in [0.4, 0.5) is 4.39 Å². The van der Waals surface area contributed by atoms with Gasteiger partial charge in [0.15, 0.2) is 0 Å². The molecule has 0 radical (unpaired) electrons. The zero-order chi connectivity index (χ0) is 25.9. The molecule has 1 saturated heterocycles. The second-order valence-electron chi connectivity index (χ2n) is 9.91. The summed E-state index contributed by atoms with van der Waals surface area (Å²) in [5.41, 5.74) is 8.51. The zero-order valence-corrected chi connectivity index (χ0v) is 22.4. The summed E-state index contributed by atoms with van der Waals surface area (Å²) >= 11 is 12.9. The maximum Gasteiger partial charge on any atom is 0.337 e. The van der Waals surface area contributed by atoms with Crippen molar-refractivity contribution in [3.8, 4) is 0 Å². The summed E-state index contributed by atoms with van der Waals surface area (Å²) in [6.07, 6.45) is 3.25. The van der Waals surface area contributed by atoms with Crippen LogP contribution in [0.3, 0.4) is 0 Å². The number of aryl methyl sites for hydroxylation is 1. The van der Waals surface area contributed by atoms with Crippen LogP contribution in [-0.2, 0) is 17.6 Å². The van der Waals surface area contributed by atoms with Crippen molar-refractivity contribution in [2.24, 2.45) is 5.92 Å². The maximum absolute atomic E-state index is 12.4. The van der Waals surface area contributed by atoms with Crippen LogP contribution >= 0.6 is 23.2 Å². The molecular weight excluding hydrogens is 508 g/mol. The number of carbonyl (C=O) groups is 1. The van der Waals surface area contributed by atoms with Crippen LogP contribution < -0.4 is 0 Å². The van der Waals surface area contributed by atoms with E-state index >= 15 is 0 Å². The molecule has 1 fully saturated rings. The number of hydrogen-bond acceptors (Lipinski definition) is 3. The number of halogens is 3. The van der Waals surface area contributed by atoms with Gasteiger partial charge in [-0.15, -0.1) is 0 Å². The predicted octanol–water partition coefficient (Wildman–Crippen LogP) is 7.52. The minimum Gasteiger partial charge on any atom is -0.465 e. The van der Waals surface area contributed by atoms with E-state index in [9.17, 15) is 9.18 Å². The van der Waals surface area contributed by atoms with Crippen molar-refractivity contribution in [2.45, 2.75) is 25.7 Å². The first-order chi connectivity index (χ1) is 18.0. The van der Waals surface area contributed by atoms with Crippen molar-refractivity contribution in [1.29, 1.82) is 0 Å². The number of methoxy groups -OCH3 is 1. The van der Waals surface area contributed by atoms with Gasteiger partial charge in [-0.2, -0.15) is 0 Å². The minimum atomic E-state index is -0.330. The summed E-state index contributed by atoms with van der Waals surface area (Å²) in [6, 6.07) is 20.3. The number of rotatable bonds is 8. The number of benzene rings is 3. The number of nitrogens with zero attached hydrogens (tertiary/aromatic N) is 1. The van der Waals surface area contributed by atoms with Gasteiger partial charge in [0.1, 0.15) is 0 Å². The highest BCUT2D eigenvalue weighted by atomic mass is 35.5. The fourth-order valence-corrected chi connectivity index (χ4v) is 6.11. The van der Waals surface area contributed by atoms with Crippen molar-refractivity contribution < 1.29 is 13.9 Å². The van der Waals surface area contributed by atoms with Crippen molar-refractivity contribution in [1.82, 2.24) is 4.90 Å². The lowest BCUT2D eigenvalue weighted by Crippen LogP contribution is -2.47. The molecule has 0 aromatic heterocycles. The van der Waals surface area contributed by atoms with Crippen molar-refractivity contribution in [3.05, 3.63) is 104 Å². The summed E-state index contributed by atoms with van der Waals surface area (Å²) in [6.45, 7) is 2.70. The molecule has 2 aliphatic rings. The highest BCUT2D eigenvalue weighted by molar-refractivity contribution is 6.36. The zero-order valence-electron chi connectivity index (χ0n) is 20.9. The van der Waals surface area contributed by atoms with Crippen molar-refractivity contribution in [2.75, 3.05) is 33.4 Å². The molecule has 0 unspecified atom stereocenters. The van der Waals surface area contributed by atoms with Gasteiger partial charge in [0.25, 0.3) is 0 Å². The van der Waals surface area contributed by atoms with Gasteiger partial charge in [0.2, 0.25) is 0 Å². The first kappa shape index (κ1) is 26.0. The minimum absolute atomic E-state index is 0.241. The highest BCUT2D eigenvalue weighted by Gasteiger charge is 2.27. The smallest absolute Gasteiger partial charge is 0.337 e. The number of likely N-dealkylation sites (tertiary alicyclic amines) is 1. The fourth-order valence-electron chi connectivity index (χ4n) is 5.58. The van der Waals surface area contributed by atoms with Gasteiger partial charge in [0, 0.05) is 29.7 Å². The monoisotopic (exact) mass is 537 g/mol. The molecule has 0 spiro atoms. The Bertz CT molecular complexity index is 1330. The molecule has 3 aromatic carbocycles. The van der Waals surface area contributed by atoms with Gasteiger partial charge in [0.05, 0.1) is 19.3 Å². The lowest BCUT2D eigenvalue weighted by atomic mass is 9.79. The van der Waals surface area contributed by atoms with Gasteiger partial charge in [-0.25, -0.2) is 4.79 Å². The molecule has 0 amide bonds. The molecule has 37 heavy (non-hydrogen) atoms. The molecule has 0 N–H and O–H groups in total. The summed E-state index contributed by atoms with van der Waals surface area (Å²) in [5.74, 6) is 0.295. The molecule has 1 aliphatic carbocycles. The van der Waals surface area contributed by atoms with Gasteiger partial charge in [-0.3, -0.25) is 4.39 Å². The quantitative estimate of drug-likeness (QED) is 0.278. The number of allylic oxidation sites excluding steroid dienone is 1. The Kier molecular flexibility index (Phi) is 7.99. The van der Waals surface area contributed by atoms with E-state index in [1.807, 2.05) is 30.3 Å². The first-order valence-electron chi connectivity index (χ1n) is 12.7. The van der Waals surface area contributed by atoms with E-state index in [4.69, 9.17) is 27.9 Å². The Morgan fingerprint density at radius 1 is 1.00 bits per heavy atom.